The standard InChI is InChI=1S/C16H20N4O2S/c1-12-17-14(11-16(18-12)19(2)3)15-9-10-20(15)23(21,22)13-7-5-4-6-8-13/h4-8,11,15H,9-10H2,1-3H3. The molecule has 23 heavy (non-hydrogen) atoms. The van der Waals surface area contributed by atoms with Gasteiger partial charge in [-0.05, 0) is 25.5 Å². The summed E-state index contributed by atoms with van der Waals surface area (Å²) in [6.45, 7) is 2.34. The highest BCUT2D eigenvalue weighted by atomic mass is 32.2. The van der Waals surface area contributed by atoms with E-state index in [9.17, 15) is 8.42 Å². The zero-order chi connectivity index (χ0) is 16.6. The SMILES string of the molecule is Cc1nc(C2CCN2S(=O)(=O)c2ccccc2)cc(N(C)C)n1. The lowest BCUT2D eigenvalue weighted by Crippen LogP contribution is -2.45. The van der Waals surface area contributed by atoms with Gasteiger partial charge in [-0.25, -0.2) is 18.4 Å². The molecule has 0 spiro atoms. The minimum Gasteiger partial charge on any atom is -0.363 e. The number of hydrogen-bond acceptors (Lipinski definition) is 5. The quantitative estimate of drug-likeness (QED) is 0.856. The van der Waals surface area contributed by atoms with Crippen molar-refractivity contribution in [3.8, 4) is 0 Å². The summed E-state index contributed by atoms with van der Waals surface area (Å²) in [7, 11) is 0.329. The summed E-state index contributed by atoms with van der Waals surface area (Å²) in [5, 5.41) is 0. The van der Waals surface area contributed by atoms with Gasteiger partial charge >= 0.3 is 0 Å². The van der Waals surface area contributed by atoms with E-state index in [-0.39, 0.29) is 6.04 Å². The van der Waals surface area contributed by atoms with Gasteiger partial charge in [-0.2, -0.15) is 4.31 Å². The molecule has 0 bridgehead atoms. The molecule has 1 aliphatic heterocycles. The molecule has 0 amide bonds. The maximum Gasteiger partial charge on any atom is 0.243 e. The van der Waals surface area contributed by atoms with Crippen molar-refractivity contribution < 1.29 is 8.42 Å². The van der Waals surface area contributed by atoms with Crippen LogP contribution in [0.2, 0.25) is 0 Å². The summed E-state index contributed by atoms with van der Waals surface area (Å²) in [6.07, 6.45) is 0.773. The lowest BCUT2D eigenvalue weighted by molar-refractivity contribution is 0.197. The van der Waals surface area contributed by atoms with Gasteiger partial charge in [0.2, 0.25) is 10.0 Å². The van der Waals surface area contributed by atoms with Crippen molar-refractivity contribution in [1.29, 1.82) is 0 Å². The molecular weight excluding hydrogens is 312 g/mol. The van der Waals surface area contributed by atoms with E-state index in [0.717, 1.165) is 17.9 Å². The molecule has 1 aromatic carbocycles. The van der Waals surface area contributed by atoms with Gasteiger partial charge in [0.15, 0.2) is 0 Å². The molecule has 1 fully saturated rings. The van der Waals surface area contributed by atoms with Crippen LogP contribution in [0, 0.1) is 6.92 Å². The van der Waals surface area contributed by atoms with Crippen LogP contribution < -0.4 is 4.90 Å². The van der Waals surface area contributed by atoms with E-state index in [1.807, 2.05) is 38.1 Å². The van der Waals surface area contributed by atoms with E-state index in [4.69, 9.17) is 0 Å². The Kier molecular flexibility index (Phi) is 4.08. The van der Waals surface area contributed by atoms with Crippen LogP contribution in [0.15, 0.2) is 41.3 Å². The van der Waals surface area contributed by atoms with Gasteiger partial charge in [-0.1, -0.05) is 18.2 Å². The van der Waals surface area contributed by atoms with Gasteiger partial charge in [-0.15, -0.1) is 0 Å². The van der Waals surface area contributed by atoms with E-state index in [1.54, 1.807) is 24.3 Å². The van der Waals surface area contributed by atoms with Crippen molar-refractivity contribution in [2.45, 2.75) is 24.3 Å². The second-order valence-electron chi connectivity index (χ2n) is 5.83. The molecule has 2 heterocycles. The van der Waals surface area contributed by atoms with Gasteiger partial charge in [0.1, 0.15) is 11.6 Å². The van der Waals surface area contributed by atoms with Crippen LogP contribution in [-0.2, 0) is 10.0 Å². The summed E-state index contributed by atoms with van der Waals surface area (Å²) in [6, 6.07) is 10.2. The van der Waals surface area contributed by atoms with Crippen molar-refractivity contribution in [2.24, 2.45) is 0 Å². The van der Waals surface area contributed by atoms with Crippen molar-refractivity contribution in [2.75, 3.05) is 25.5 Å². The Labute approximate surface area is 136 Å². The number of hydrogen-bond donors (Lipinski definition) is 0. The number of benzene rings is 1. The summed E-state index contributed by atoms with van der Waals surface area (Å²) < 4.78 is 27.1. The average molecular weight is 332 g/mol. The van der Waals surface area contributed by atoms with Crippen LogP contribution in [0.25, 0.3) is 0 Å². The first-order valence-electron chi connectivity index (χ1n) is 7.49. The number of nitrogens with zero attached hydrogens (tertiary/aromatic N) is 4. The maximum atomic E-state index is 12.8. The topological polar surface area (TPSA) is 66.4 Å². The molecule has 0 N–H and O–H groups in total. The third-order valence-corrected chi connectivity index (χ3v) is 5.89. The van der Waals surface area contributed by atoms with Gasteiger partial charge in [-0.3, -0.25) is 0 Å². The largest absolute Gasteiger partial charge is 0.363 e. The maximum absolute atomic E-state index is 12.8. The van der Waals surface area contributed by atoms with Crippen molar-refractivity contribution >= 4 is 15.8 Å². The molecule has 1 saturated heterocycles. The predicted octanol–water partition coefficient (Wildman–Crippen LogP) is 1.99. The first-order valence-corrected chi connectivity index (χ1v) is 8.93. The van der Waals surface area contributed by atoms with E-state index in [1.165, 1.54) is 4.31 Å². The number of sulfonamides is 1. The van der Waals surface area contributed by atoms with Crippen LogP contribution in [0.3, 0.4) is 0 Å². The Balaban J connectivity index is 1.94. The second-order valence-corrected chi connectivity index (χ2v) is 7.72. The van der Waals surface area contributed by atoms with Gasteiger partial charge in [0.05, 0.1) is 16.6 Å². The van der Waals surface area contributed by atoms with E-state index in [2.05, 4.69) is 9.97 Å². The number of aryl methyl sites for hydroxylation is 1. The molecule has 1 aromatic heterocycles. The van der Waals surface area contributed by atoms with Gasteiger partial charge < -0.3 is 4.90 Å². The molecule has 0 aliphatic carbocycles. The minimum absolute atomic E-state index is 0.222. The molecule has 1 unspecified atom stereocenters. The molecule has 0 saturated carbocycles. The highest BCUT2D eigenvalue weighted by molar-refractivity contribution is 7.89. The fourth-order valence-electron chi connectivity index (χ4n) is 2.65. The van der Waals surface area contributed by atoms with Crippen molar-refractivity contribution in [1.82, 2.24) is 14.3 Å². The molecule has 1 aliphatic rings. The summed E-state index contributed by atoms with van der Waals surface area (Å²) >= 11 is 0. The zero-order valence-electron chi connectivity index (χ0n) is 13.5. The molecule has 122 valence electrons. The second kappa shape index (κ2) is 5.90. The highest BCUT2D eigenvalue weighted by Gasteiger charge is 2.40. The summed E-state index contributed by atoms with van der Waals surface area (Å²) in [5.41, 5.74) is 0.756. The Morgan fingerprint density at radius 3 is 2.43 bits per heavy atom. The lowest BCUT2D eigenvalue weighted by Gasteiger charge is -2.39. The van der Waals surface area contributed by atoms with Crippen LogP contribution in [0.1, 0.15) is 24.0 Å². The van der Waals surface area contributed by atoms with Crippen molar-refractivity contribution in [3.05, 3.63) is 47.9 Å². The van der Waals surface area contributed by atoms with E-state index in [0.29, 0.717) is 17.3 Å². The Bertz CT molecular complexity index is 806. The smallest absolute Gasteiger partial charge is 0.243 e. The molecular formula is C16H20N4O2S. The van der Waals surface area contributed by atoms with E-state index < -0.39 is 10.0 Å². The first kappa shape index (κ1) is 15.9. The molecule has 3 rings (SSSR count). The monoisotopic (exact) mass is 332 g/mol. The van der Waals surface area contributed by atoms with Gasteiger partial charge in [0, 0.05) is 26.7 Å². The number of rotatable bonds is 4. The van der Waals surface area contributed by atoms with Crippen LogP contribution in [0.5, 0.6) is 0 Å². The molecule has 6 nitrogen and oxygen atoms in total. The number of aromatic nitrogens is 2. The first-order chi connectivity index (χ1) is 10.9. The molecule has 0 radical (unpaired) electrons. The van der Waals surface area contributed by atoms with Crippen molar-refractivity contribution in [3.63, 3.8) is 0 Å². The molecule has 2 aromatic rings. The highest BCUT2D eigenvalue weighted by Crippen LogP contribution is 2.37. The summed E-state index contributed by atoms with van der Waals surface area (Å²) in [4.78, 5) is 11.0. The minimum atomic E-state index is -3.49. The van der Waals surface area contributed by atoms with E-state index >= 15 is 0 Å². The molecule has 1 atom stereocenters. The third-order valence-electron chi connectivity index (χ3n) is 3.96. The fourth-order valence-corrected chi connectivity index (χ4v) is 4.31. The van der Waals surface area contributed by atoms with Crippen LogP contribution in [0.4, 0.5) is 5.82 Å². The van der Waals surface area contributed by atoms with Crippen LogP contribution >= 0.6 is 0 Å². The summed E-state index contributed by atoms with van der Waals surface area (Å²) in [5.74, 6) is 1.44. The van der Waals surface area contributed by atoms with Gasteiger partial charge in [0.25, 0.3) is 0 Å². The fraction of sp³-hybridized carbons (Fsp3) is 0.375. The molecule has 7 heteroatoms. The normalized spacial score (nSPS) is 18.5. The Morgan fingerprint density at radius 2 is 1.87 bits per heavy atom. The average Bonchev–Trinajstić information content (AvgIpc) is 2.46. The predicted molar refractivity (Wildman–Crippen MR) is 88.8 cm³/mol. The third kappa shape index (κ3) is 2.94. The Hall–Kier alpha value is -1.99. The lowest BCUT2D eigenvalue weighted by atomic mass is 10.0. The number of anilines is 1. The Morgan fingerprint density at radius 1 is 1.17 bits per heavy atom. The zero-order valence-corrected chi connectivity index (χ0v) is 14.3. The van der Waals surface area contributed by atoms with Crippen LogP contribution in [-0.4, -0.2) is 43.3 Å².